The van der Waals surface area contributed by atoms with Crippen LogP contribution in [0.25, 0.3) is 16.6 Å². The van der Waals surface area contributed by atoms with Crippen molar-refractivity contribution in [3.05, 3.63) is 63.5 Å². The number of carbonyl (C=O) groups is 1. The predicted octanol–water partition coefficient (Wildman–Crippen LogP) is 3.85. The van der Waals surface area contributed by atoms with Crippen molar-refractivity contribution in [2.45, 2.75) is 32.2 Å². The first-order valence-electron chi connectivity index (χ1n) is 10.3. The van der Waals surface area contributed by atoms with Crippen molar-refractivity contribution in [1.29, 1.82) is 0 Å². The zero-order chi connectivity index (χ0) is 22.1. The monoisotopic (exact) mass is 450 g/mol. The number of hydrogen-bond acceptors (Lipinski definition) is 9. The van der Waals surface area contributed by atoms with Gasteiger partial charge in [-0.05, 0) is 62.1 Å². The summed E-state index contributed by atoms with van der Waals surface area (Å²) in [6.45, 7) is 1.96. The molecule has 1 unspecified atom stereocenters. The second-order valence-electron chi connectivity index (χ2n) is 7.65. The molecule has 0 amide bonds. The van der Waals surface area contributed by atoms with Gasteiger partial charge in [-0.25, -0.2) is 4.98 Å². The highest BCUT2D eigenvalue weighted by atomic mass is 32.1. The summed E-state index contributed by atoms with van der Waals surface area (Å²) in [4.78, 5) is 28.1. The van der Waals surface area contributed by atoms with Crippen molar-refractivity contribution in [3.8, 4) is 16.3 Å². The first-order valence-corrected chi connectivity index (χ1v) is 11.1. The number of aryl methyl sites for hydroxylation is 2. The summed E-state index contributed by atoms with van der Waals surface area (Å²) >= 11 is 1.61. The van der Waals surface area contributed by atoms with Crippen LogP contribution in [0.3, 0.4) is 0 Å². The molecule has 3 aliphatic rings. The lowest BCUT2D eigenvalue weighted by Crippen LogP contribution is -2.40. The quantitative estimate of drug-likeness (QED) is 0.510. The van der Waals surface area contributed by atoms with Crippen molar-refractivity contribution in [1.82, 2.24) is 15.9 Å². The number of nitrogens with one attached hydrogen (secondary N) is 2. The zero-order valence-corrected chi connectivity index (χ0v) is 18.5. The fourth-order valence-corrected chi connectivity index (χ4v) is 4.97. The van der Waals surface area contributed by atoms with Crippen molar-refractivity contribution in [2.75, 3.05) is 7.11 Å². The average Bonchev–Trinajstić information content (AvgIpc) is 3.39. The Labute approximate surface area is 189 Å². The Balaban J connectivity index is 1.58. The maximum Gasteiger partial charge on any atom is 0.154 e. The van der Waals surface area contributed by atoms with E-state index >= 15 is 0 Å². The Morgan fingerprint density at radius 3 is 3.09 bits per heavy atom. The number of aromatic nitrogens is 1. The molecule has 2 aliphatic carbocycles. The summed E-state index contributed by atoms with van der Waals surface area (Å²) in [6, 6.07) is 3.44. The molecule has 32 heavy (non-hydrogen) atoms. The second-order valence-corrected chi connectivity index (χ2v) is 8.68. The SMILES string of the molecule is CONC1=CC=C(Oc2c(C=O)cc(C)cc2-c2nc3c(s2)C=CCCC3)C2=NONC12. The van der Waals surface area contributed by atoms with Gasteiger partial charge in [-0.2, -0.15) is 0 Å². The highest BCUT2D eigenvalue weighted by Crippen LogP contribution is 2.40. The number of allylic oxidation sites excluding steroid dienone is 3. The maximum atomic E-state index is 12.0. The number of ether oxygens (including phenoxy) is 1. The summed E-state index contributed by atoms with van der Waals surface area (Å²) in [5.74, 6) is 0.933. The number of hydroxylamine groups is 2. The van der Waals surface area contributed by atoms with Gasteiger partial charge in [-0.15, -0.1) is 16.8 Å². The molecule has 2 aromatic rings. The van der Waals surface area contributed by atoms with Crippen LogP contribution < -0.4 is 15.7 Å². The van der Waals surface area contributed by atoms with Gasteiger partial charge in [0.2, 0.25) is 0 Å². The molecule has 0 saturated heterocycles. The Kier molecular flexibility index (Phi) is 5.60. The van der Waals surface area contributed by atoms with Crippen molar-refractivity contribution < 1.29 is 19.3 Å². The number of fused-ring (bicyclic) bond motifs is 2. The molecule has 9 heteroatoms. The van der Waals surface area contributed by atoms with Crippen molar-refractivity contribution in [2.24, 2.45) is 5.16 Å². The normalized spacial score (nSPS) is 19.1. The lowest BCUT2D eigenvalue weighted by Gasteiger charge is -2.22. The zero-order valence-electron chi connectivity index (χ0n) is 17.7. The first-order chi connectivity index (χ1) is 15.7. The van der Waals surface area contributed by atoms with E-state index in [4.69, 9.17) is 19.5 Å². The molecule has 5 rings (SSSR count). The van der Waals surface area contributed by atoms with E-state index in [1.165, 1.54) is 7.11 Å². The van der Waals surface area contributed by atoms with E-state index in [1.54, 1.807) is 17.4 Å². The minimum atomic E-state index is -0.371. The Hall–Kier alpha value is -3.27. The first kappa shape index (κ1) is 20.6. The minimum Gasteiger partial charge on any atom is -0.454 e. The second kappa shape index (κ2) is 8.70. The molecule has 2 N–H and O–H groups in total. The van der Waals surface area contributed by atoms with Crippen LogP contribution in [0.4, 0.5) is 0 Å². The molecular weight excluding hydrogens is 428 g/mol. The van der Waals surface area contributed by atoms with Gasteiger partial charge in [0.1, 0.15) is 16.8 Å². The van der Waals surface area contributed by atoms with Crippen molar-refractivity contribution >= 4 is 29.4 Å². The summed E-state index contributed by atoms with van der Waals surface area (Å²) in [6.07, 6.45) is 11.8. The third-order valence-corrected chi connectivity index (χ3v) is 6.49. The highest BCUT2D eigenvalue weighted by molar-refractivity contribution is 7.16. The van der Waals surface area contributed by atoms with Crippen LogP contribution in [0.5, 0.6) is 5.75 Å². The van der Waals surface area contributed by atoms with Gasteiger partial charge < -0.3 is 4.74 Å². The Bertz CT molecular complexity index is 1190. The standard InChI is InChI=1S/C23H22N4O4S/c1-13-10-14(12-28)22(15(11-13)23-24-16-6-4-3-5-7-19(16)32-23)30-18-9-8-17(25-29-2)20-21(18)27-31-26-20/h5,7-12,20,25-26H,3-4,6H2,1-2H3. The van der Waals surface area contributed by atoms with Gasteiger partial charge in [0.05, 0.1) is 34.5 Å². The number of carbonyl (C=O) groups excluding carboxylic acids is 1. The molecule has 1 aromatic heterocycles. The number of aldehydes is 1. The number of nitrogens with zero attached hydrogens (tertiary/aromatic N) is 2. The van der Waals surface area contributed by atoms with E-state index in [9.17, 15) is 4.79 Å². The van der Waals surface area contributed by atoms with E-state index in [2.05, 4.69) is 28.3 Å². The molecule has 164 valence electrons. The van der Waals surface area contributed by atoms with E-state index < -0.39 is 0 Å². The lowest BCUT2D eigenvalue weighted by molar-refractivity contribution is 0.0538. The van der Waals surface area contributed by atoms with E-state index in [-0.39, 0.29) is 6.04 Å². The molecular formula is C23H22N4O4S. The molecule has 1 aromatic carbocycles. The lowest BCUT2D eigenvalue weighted by atomic mass is 10.0. The van der Waals surface area contributed by atoms with Crippen LogP contribution in [-0.4, -0.2) is 30.1 Å². The van der Waals surface area contributed by atoms with E-state index in [0.29, 0.717) is 22.8 Å². The van der Waals surface area contributed by atoms with Crippen LogP contribution in [0.15, 0.2) is 47.0 Å². The third kappa shape index (κ3) is 3.75. The minimum absolute atomic E-state index is 0.371. The topological polar surface area (TPSA) is 94.1 Å². The van der Waals surface area contributed by atoms with Crippen LogP contribution >= 0.6 is 11.3 Å². The molecule has 1 aliphatic heterocycles. The van der Waals surface area contributed by atoms with Crippen LogP contribution in [0.2, 0.25) is 0 Å². The molecule has 1 atom stereocenters. The predicted molar refractivity (Wildman–Crippen MR) is 122 cm³/mol. The van der Waals surface area contributed by atoms with Gasteiger partial charge in [0.15, 0.2) is 17.8 Å². The number of thiazole rings is 1. The van der Waals surface area contributed by atoms with Crippen LogP contribution in [0.1, 0.15) is 39.3 Å². The summed E-state index contributed by atoms with van der Waals surface area (Å²) in [5, 5.41) is 4.90. The summed E-state index contributed by atoms with van der Waals surface area (Å²) < 4.78 is 6.33. The van der Waals surface area contributed by atoms with Crippen LogP contribution in [0, 0.1) is 6.92 Å². The Morgan fingerprint density at radius 1 is 1.34 bits per heavy atom. The summed E-state index contributed by atoms with van der Waals surface area (Å²) in [7, 11) is 1.53. The largest absolute Gasteiger partial charge is 0.454 e. The number of benzene rings is 1. The van der Waals surface area contributed by atoms with E-state index in [1.807, 2.05) is 25.1 Å². The molecule has 0 fully saturated rings. The van der Waals surface area contributed by atoms with Crippen molar-refractivity contribution in [3.63, 3.8) is 0 Å². The van der Waals surface area contributed by atoms with Gasteiger partial charge in [-0.1, -0.05) is 11.2 Å². The molecule has 2 heterocycles. The molecule has 0 saturated carbocycles. The fraction of sp³-hybridized carbons (Fsp3) is 0.261. The fourth-order valence-electron chi connectivity index (χ4n) is 3.92. The highest BCUT2D eigenvalue weighted by Gasteiger charge is 2.34. The Morgan fingerprint density at radius 2 is 2.25 bits per heavy atom. The van der Waals surface area contributed by atoms with Gasteiger partial charge in [-0.3, -0.25) is 20.1 Å². The van der Waals surface area contributed by atoms with Gasteiger partial charge in [0.25, 0.3) is 0 Å². The number of hydrogen-bond donors (Lipinski definition) is 2. The van der Waals surface area contributed by atoms with Gasteiger partial charge in [0, 0.05) is 0 Å². The van der Waals surface area contributed by atoms with Crippen LogP contribution in [-0.2, 0) is 16.2 Å². The molecule has 0 radical (unpaired) electrons. The smallest absolute Gasteiger partial charge is 0.154 e. The average molecular weight is 451 g/mol. The molecule has 0 spiro atoms. The maximum absolute atomic E-state index is 12.0. The molecule has 8 nitrogen and oxygen atoms in total. The van der Waals surface area contributed by atoms with E-state index in [0.717, 1.165) is 58.0 Å². The number of rotatable bonds is 6. The summed E-state index contributed by atoms with van der Waals surface area (Å²) in [5.41, 5.74) is 10.2. The number of oxime groups is 1. The van der Waals surface area contributed by atoms with Gasteiger partial charge >= 0.3 is 0 Å². The molecule has 0 bridgehead atoms. The third-order valence-electron chi connectivity index (χ3n) is 5.40.